The molecule has 1 aromatic carbocycles. The molecular formula is C15H24N2O2S. The van der Waals surface area contributed by atoms with Crippen LogP contribution in [0.15, 0.2) is 29.2 Å². The van der Waals surface area contributed by atoms with Gasteiger partial charge in [0, 0.05) is 12.6 Å². The van der Waals surface area contributed by atoms with Crippen LogP contribution in [-0.4, -0.2) is 14.5 Å². The van der Waals surface area contributed by atoms with Crippen LogP contribution in [0.4, 0.5) is 0 Å². The fourth-order valence-corrected chi connectivity index (χ4v) is 3.28. The Kier molecular flexibility index (Phi) is 4.52. The van der Waals surface area contributed by atoms with Gasteiger partial charge < -0.3 is 5.32 Å². The maximum Gasteiger partial charge on any atom is 0.238 e. The molecule has 0 atom stereocenters. The van der Waals surface area contributed by atoms with Crippen molar-refractivity contribution in [3.63, 3.8) is 0 Å². The van der Waals surface area contributed by atoms with E-state index in [0.717, 1.165) is 5.56 Å². The number of sulfonamides is 1. The van der Waals surface area contributed by atoms with E-state index in [2.05, 4.69) is 19.2 Å². The summed E-state index contributed by atoms with van der Waals surface area (Å²) in [5.41, 5.74) is 1.42. The third-order valence-corrected chi connectivity index (χ3v) is 5.07. The van der Waals surface area contributed by atoms with E-state index in [-0.39, 0.29) is 4.90 Å². The average molecular weight is 296 g/mol. The Morgan fingerprint density at radius 1 is 1.30 bits per heavy atom. The second-order valence-corrected chi connectivity index (χ2v) is 8.07. The van der Waals surface area contributed by atoms with E-state index in [1.54, 1.807) is 12.1 Å². The van der Waals surface area contributed by atoms with Gasteiger partial charge in [-0.2, -0.15) is 0 Å². The number of hydrogen-bond donors (Lipinski definition) is 2. The van der Waals surface area contributed by atoms with E-state index in [1.807, 2.05) is 6.07 Å². The van der Waals surface area contributed by atoms with Crippen LogP contribution in [0.2, 0.25) is 0 Å². The normalized spacial score (nSPS) is 19.9. The van der Waals surface area contributed by atoms with Gasteiger partial charge in [-0.25, -0.2) is 13.6 Å². The summed E-state index contributed by atoms with van der Waals surface area (Å²) >= 11 is 0. The van der Waals surface area contributed by atoms with Gasteiger partial charge in [-0.15, -0.1) is 0 Å². The zero-order valence-corrected chi connectivity index (χ0v) is 13.0. The van der Waals surface area contributed by atoms with Crippen LogP contribution in [0.25, 0.3) is 0 Å². The van der Waals surface area contributed by atoms with Gasteiger partial charge in [-0.3, -0.25) is 0 Å². The molecule has 0 amide bonds. The Bertz CT molecular complexity index is 557. The lowest BCUT2D eigenvalue weighted by Crippen LogP contribution is -2.35. The molecule has 20 heavy (non-hydrogen) atoms. The number of rotatable bonds is 4. The first-order chi connectivity index (χ1) is 9.26. The summed E-state index contributed by atoms with van der Waals surface area (Å²) in [6, 6.07) is 7.37. The molecule has 0 spiro atoms. The molecule has 0 bridgehead atoms. The molecule has 1 aliphatic carbocycles. The second kappa shape index (κ2) is 5.84. The van der Waals surface area contributed by atoms with Crippen molar-refractivity contribution in [2.45, 2.75) is 57.0 Å². The zero-order chi connectivity index (χ0) is 14.8. The fourth-order valence-electron chi connectivity index (χ4n) is 2.70. The monoisotopic (exact) mass is 296 g/mol. The largest absolute Gasteiger partial charge is 0.310 e. The summed E-state index contributed by atoms with van der Waals surface area (Å²) in [6.45, 7) is 5.33. The van der Waals surface area contributed by atoms with Gasteiger partial charge in [0.15, 0.2) is 0 Å². The molecule has 0 radical (unpaired) electrons. The summed E-state index contributed by atoms with van der Waals surface area (Å²) in [7, 11) is -3.61. The topological polar surface area (TPSA) is 72.2 Å². The van der Waals surface area contributed by atoms with Crippen LogP contribution in [0.1, 0.15) is 45.1 Å². The predicted octanol–water partition coefficient (Wildman–Crippen LogP) is 2.39. The Labute approximate surface area is 121 Å². The minimum Gasteiger partial charge on any atom is -0.310 e. The standard InChI is InChI=1S/C15H24N2O2S/c1-15(2)8-6-13(7-9-15)17-11-12-4-3-5-14(10-12)20(16,18)19/h3-5,10,13,17H,6-9,11H2,1-2H3,(H2,16,18,19). The summed E-state index contributed by atoms with van der Waals surface area (Å²) in [5, 5.41) is 8.66. The van der Waals surface area contributed by atoms with Crippen LogP contribution in [0.3, 0.4) is 0 Å². The highest BCUT2D eigenvalue weighted by Crippen LogP contribution is 2.35. The van der Waals surface area contributed by atoms with Crippen LogP contribution >= 0.6 is 0 Å². The fraction of sp³-hybridized carbons (Fsp3) is 0.600. The van der Waals surface area contributed by atoms with Gasteiger partial charge >= 0.3 is 0 Å². The van der Waals surface area contributed by atoms with Crippen molar-refractivity contribution in [3.05, 3.63) is 29.8 Å². The first kappa shape index (κ1) is 15.5. The molecule has 112 valence electrons. The molecule has 0 aliphatic heterocycles. The van der Waals surface area contributed by atoms with Crippen molar-refractivity contribution in [2.75, 3.05) is 0 Å². The SMILES string of the molecule is CC1(C)CCC(NCc2cccc(S(N)(=O)=O)c2)CC1. The average Bonchev–Trinajstić information content (AvgIpc) is 2.37. The number of primary sulfonamides is 1. The van der Waals surface area contributed by atoms with Crippen molar-refractivity contribution in [1.82, 2.24) is 5.32 Å². The first-order valence-corrected chi connectivity index (χ1v) is 8.66. The van der Waals surface area contributed by atoms with Gasteiger partial charge in [-0.1, -0.05) is 26.0 Å². The molecule has 4 nitrogen and oxygen atoms in total. The third kappa shape index (κ3) is 4.30. The van der Waals surface area contributed by atoms with Crippen LogP contribution in [0.5, 0.6) is 0 Å². The Morgan fingerprint density at radius 2 is 1.95 bits per heavy atom. The maximum atomic E-state index is 11.3. The Morgan fingerprint density at radius 3 is 2.55 bits per heavy atom. The smallest absolute Gasteiger partial charge is 0.238 e. The third-order valence-electron chi connectivity index (χ3n) is 4.16. The quantitative estimate of drug-likeness (QED) is 0.896. The first-order valence-electron chi connectivity index (χ1n) is 7.11. The van der Waals surface area contributed by atoms with Crippen LogP contribution in [-0.2, 0) is 16.6 Å². The highest BCUT2D eigenvalue weighted by atomic mass is 32.2. The summed E-state index contributed by atoms with van der Waals surface area (Å²) < 4.78 is 22.6. The van der Waals surface area contributed by atoms with Gasteiger partial charge in [0.25, 0.3) is 0 Å². The lowest BCUT2D eigenvalue weighted by molar-refractivity contribution is 0.206. The van der Waals surface area contributed by atoms with E-state index in [4.69, 9.17) is 5.14 Å². The van der Waals surface area contributed by atoms with E-state index in [0.29, 0.717) is 18.0 Å². The summed E-state index contributed by atoms with van der Waals surface area (Å²) in [4.78, 5) is 0.182. The lowest BCUT2D eigenvalue weighted by atomic mass is 9.75. The van der Waals surface area contributed by atoms with Crippen molar-refractivity contribution in [1.29, 1.82) is 0 Å². The van der Waals surface area contributed by atoms with Gasteiger partial charge in [0.2, 0.25) is 10.0 Å². The van der Waals surface area contributed by atoms with Crippen LogP contribution in [0, 0.1) is 5.41 Å². The lowest BCUT2D eigenvalue weighted by Gasteiger charge is -2.34. The molecule has 1 aliphatic rings. The van der Waals surface area contributed by atoms with Gasteiger partial charge in [0.1, 0.15) is 0 Å². The molecule has 1 fully saturated rings. The zero-order valence-electron chi connectivity index (χ0n) is 12.2. The molecule has 0 unspecified atom stereocenters. The second-order valence-electron chi connectivity index (χ2n) is 6.51. The molecule has 0 heterocycles. The van der Waals surface area contributed by atoms with E-state index >= 15 is 0 Å². The summed E-state index contributed by atoms with van der Waals surface area (Å²) in [6.07, 6.45) is 4.84. The molecule has 2 rings (SSSR count). The molecular weight excluding hydrogens is 272 g/mol. The maximum absolute atomic E-state index is 11.3. The minimum atomic E-state index is -3.61. The van der Waals surface area contributed by atoms with Crippen molar-refractivity contribution in [3.8, 4) is 0 Å². The molecule has 0 saturated heterocycles. The van der Waals surface area contributed by atoms with Gasteiger partial charge in [0.05, 0.1) is 4.90 Å². The van der Waals surface area contributed by atoms with Crippen LogP contribution < -0.4 is 10.5 Å². The highest BCUT2D eigenvalue weighted by Gasteiger charge is 2.26. The number of hydrogen-bond acceptors (Lipinski definition) is 3. The van der Waals surface area contributed by atoms with E-state index in [1.165, 1.54) is 31.7 Å². The molecule has 5 heteroatoms. The van der Waals surface area contributed by atoms with Gasteiger partial charge in [-0.05, 0) is 48.8 Å². The predicted molar refractivity (Wildman–Crippen MR) is 80.7 cm³/mol. The molecule has 3 N–H and O–H groups in total. The number of nitrogens with two attached hydrogens (primary N) is 1. The highest BCUT2D eigenvalue weighted by molar-refractivity contribution is 7.89. The molecule has 1 saturated carbocycles. The van der Waals surface area contributed by atoms with Crippen molar-refractivity contribution < 1.29 is 8.42 Å². The van der Waals surface area contributed by atoms with Crippen molar-refractivity contribution in [2.24, 2.45) is 10.6 Å². The number of benzene rings is 1. The van der Waals surface area contributed by atoms with Crippen molar-refractivity contribution >= 4 is 10.0 Å². The minimum absolute atomic E-state index is 0.182. The Balaban J connectivity index is 1.92. The Hall–Kier alpha value is -0.910. The summed E-state index contributed by atoms with van der Waals surface area (Å²) in [5.74, 6) is 0. The number of nitrogens with one attached hydrogen (secondary N) is 1. The molecule has 1 aromatic rings. The molecule has 0 aromatic heterocycles. The van der Waals surface area contributed by atoms with E-state index in [9.17, 15) is 8.42 Å². The van der Waals surface area contributed by atoms with E-state index < -0.39 is 10.0 Å².